The number of carbonyl (C=O) groups is 1. The lowest BCUT2D eigenvalue weighted by atomic mass is 10.1. The molecule has 2 rings (SSSR count). The van der Waals surface area contributed by atoms with Crippen molar-refractivity contribution < 1.29 is 22.7 Å². The summed E-state index contributed by atoms with van der Waals surface area (Å²) in [6.07, 6.45) is 0. The monoisotopic (exact) mass is 483 g/mol. The van der Waals surface area contributed by atoms with Crippen LogP contribution >= 0.6 is 47.4 Å². The van der Waals surface area contributed by atoms with E-state index < -0.39 is 21.2 Å². The second-order valence-corrected chi connectivity index (χ2v) is 9.08. The van der Waals surface area contributed by atoms with E-state index in [1.165, 1.54) is 19.2 Å². The van der Waals surface area contributed by atoms with Crippen molar-refractivity contribution in [1.29, 1.82) is 0 Å². The zero-order valence-corrected chi connectivity index (χ0v) is 18.5. The lowest BCUT2D eigenvalue weighted by molar-refractivity contribution is -0.142. The van der Waals surface area contributed by atoms with Gasteiger partial charge in [0.05, 0.1) is 22.2 Å². The number of methoxy groups -OCH3 is 1. The van der Waals surface area contributed by atoms with Crippen molar-refractivity contribution in [2.24, 2.45) is 0 Å². The van der Waals surface area contributed by atoms with Crippen LogP contribution in [0.4, 0.5) is 0 Å². The summed E-state index contributed by atoms with van der Waals surface area (Å²) in [6, 6.07) is 9.17. The molecule has 0 radical (unpaired) electrons. The topological polar surface area (TPSA) is 81.7 Å². The molecule has 11 heteroatoms. The fourth-order valence-electron chi connectivity index (χ4n) is 2.08. The normalized spacial score (nSPS) is 12.5. The minimum atomic E-state index is -3.91. The van der Waals surface area contributed by atoms with Crippen molar-refractivity contribution in [2.45, 2.75) is 10.1 Å². The summed E-state index contributed by atoms with van der Waals surface area (Å²) in [5, 5.41) is -0.237. The Balaban J connectivity index is 2.02. The van der Waals surface area contributed by atoms with E-state index in [1.807, 2.05) is 0 Å². The highest BCUT2D eigenvalue weighted by atomic mass is 35.5. The molecule has 2 aromatic rings. The molecule has 6 nitrogen and oxygen atoms in total. The van der Waals surface area contributed by atoms with Gasteiger partial charge in [0.15, 0.2) is 6.61 Å². The first-order chi connectivity index (χ1) is 13.1. The van der Waals surface area contributed by atoms with E-state index in [4.69, 9.17) is 39.5 Å². The van der Waals surface area contributed by atoms with Crippen molar-refractivity contribution >= 4 is 63.4 Å². The molecule has 0 aliphatic carbocycles. The third-order valence-corrected chi connectivity index (χ3v) is 6.67. The van der Waals surface area contributed by atoms with Crippen LogP contribution in [-0.4, -0.2) is 34.6 Å². The number of hydrogen-bond acceptors (Lipinski definition) is 6. The van der Waals surface area contributed by atoms with Gasteiger partial charge < -0.3 is 9.47 Å². The van der Waals surface area contributed by atoms with Crippen LogP contribution in [-0.2, 0) is 19.6 Å². The molecular formula is C17H16Cl3NO5S2. The number of ether oxygens (including phenoxy) is 2. The average Bonchev–Trinajstić information content (AvgIpc) is 2.67. The molecule has 0 amide bonds. The Kier molecular flexibility index (Phi) is 8.30. The minimum absolute atomic E-state index is 0.00435. The maximum Gasteiger partial charge on any atom is 0.343 e. The molecule has 0 saturated carbocycles. The van der Waals surface area contributed by atoms with Crippen LogP contribution in [0.15, 0.2) is 41.3 Å². The predicted molar refractivity (Wildman–Crippen MR) is 112 cm³/mol. The van der Waals surface area contributed by atoms with E-state index >= 15 is 0 Å². The number of halogens is 3. The van der Waals surface area contributed by atoms with Gasteiger partial charge in [0.25, 0.3) is 0 Å². The Morgan fingerprint density at radius 2 is 1.71 bits per heavy atom. The first-order valence-corrected chi connectivity index (χ1v) is 10.9. The van der Waals surface area contributed by atoms with Crippen molar-refractivity contribution in [3.63, 3.8) is 0 Å². The summed E-state index contributed by atoms with van der Waals surface area (Å²) in [5.74, 6) is -0.0237. The van der Waals surface area contributed by atoms with Crippen LogP contribution in [0, 0.1) is 0 Å². The number of rotatable bonds is 8. The van der Waals surface area contributed by atoms with Crippen LogP contribution in [0.2, 0.25) is 15.1 Å². The smallest absolute Gasteiger partial charge is 0.343 e. The minimum Gasteiger partial charge on any atom is -0.482 e. The quantitative estimate of drug-likeness (QED) is 0.334. The van der Waals surface area contributed by atoms with Crippen LogP contribution in [0.25, 0.3) is 0 Å². The number of benzene rings is 2. The molecule has 1 unspecified atom stereocenters. The molecule has 0 spiro atoms. The van der Waals surface area contributed by atoms with Gasteiger partial charge in [-0.25, -0.2) is 17.9 Å². The van der Waals surface area contributed by atoms with Gasteiger partial charge in [-0.15, -0.1) is 0 Å². The van der Waals surface area contributed by atoms with Crippen molar-refractivity contribution in [1.82, 2.24) is 4.72 Å². The Hall–Kier alpha value is -1.16. The summed E-state index contributed by atoms with van der Waals surface area (Å²) >= 11 is 22.1. The van der Waals surface area contributed by atoms with Gasteiger partial charge in [0.2, 0.25) is 10.0 Å². The van der Waals surface area contributed by atoms with Gasteiger partial charge in [-0.3, -0.25) is 0 Å². The highest BCUT2D eigenvalue weighted by molar-refractivity contribution is 7.89. The van der Waals surface area contributed by atoms with Crippen LogP contribution in [0.5, 0.6) is 5.75 Å². The molecule has 1 N–H and O–H groups in total. The number of carbonyl (C=O) groups excluding carboxylic acids is 1. The zero-order valence-electron chi connectivity index (χ0n) is 14.5. The number of nitrogens with one attached hydrogen (secondary N) is 1. The SMILES string of the molecule is COC(=O)COc1ccc(C(S)CNS(=O)(=O)c2cc(Cl)c(Cl)cc2Cl)cc1. The van der Waals surface area contributed by atoms with Gasteiger partial charge in [-0.05, 0) is 29.8 Å². The maximum atomic E-state index is 12.5. The molecule has 0 heterocycles. The standard InChI is InChI=1S/C17H16Cl3NO5S2/c1-25-17(22)9-26-11-4-2-10(3-5-11)15(27)8-21-28(23,24)16-7-13(19)12(18)6-14(16)20/h2-7,15,21,27H,8-9H2,1H3. The Labute approximate surface area is 183 Å². The molecule has 28 heavy (non-hydrogen) atoms. The molecule has 0 bridgehead atoms. The summed E-state index contributed by atoms with van der Waals surface area (Å²) in [6.45, 7) is -0.200. The molecule has 2 aromatic carbocycles. The highest BCUT2D eigenvalue weighted by Crippen LogP contribution is 2.32. The van der Waals surface area contributed by atoms with Crippen LogP contribution in [0.3, 0.4) is 0 Å². The second-order valence-electron chi connectivity index (χ2n) is 5.50. The molecule has 0 aromatic heterocycles. The Morgan fingerprint density at radius 1 is 1.11 bits per heavy atom. The number of hydrogen-bond donors (Lipinski definition) is 2. The van der Waals surface area contributed by atoms with E-state index in [9.17, 15) is 13.2 Å². The number of esters is 1. The molecule has 0 fully saturated rings. The van der Waals surface area contributed by atoms with Gasteiger partial charge in [0, 0.05) is 11.8 Å². The molecule has 0 aliphatic rings. The first kappa shape index (κ1) is 23.1. The lowest BCUT2D eigenvalue weighted by Gasteiger charge is -2.14. The Morgan fingerprint density at radius 3 is 2.32 bits per heavy atom. The summed E-state index contributed by atoms with van der Waals surface area (Å²) in [5.41, 5.74) is 0.747. The fourth-order valence-corrected chi connectivity index (χ4v) is 4.52. The summed E-state index contributed by atoms with van der Waals surface area (Å²) in [7, 11) is -2.64. The number of thiol groups is 1. The summed E-state index contributed by atoms with van der Waals surface area (Å²) in [4.78, 5) is 10.9. The van der Waals surface area contributed by atoms with E-state index in [0.717, 1.165) is 5.56 Å². The molecular weight excluding hydrogens is 469 g/mol. The van der Waals surface area contributed by atoms with Crippen molar-refractivity contribution in [3.8, 4) is 5.75 Å². The third-order valence-electron chi connectivity index (χ3n) is 3.58. The first-order valence-electron chi connectivity index (χ1n) is 7.76. The van der Waals surface area contributed by atoms with Crippen molar-refractivity contribution in [2.75, 3.05) is 20.3 Å². The maximum absolute atomic E-state index is 12.5. The van der Waals surface area contributed by atoms with E-state index in [2.05, 4.69) is 22.1 Å². The number of sulfonamides is 1. The average molecular weight is 485 g/mol. The second kappa shape index (κ2) is 10.0. The van der Waals surface area contributed by atoms with E-state index in [1.54, 1.807) is 24.3 Å². The van der Waals surface area contributed by atoms with Crippen LogP contribution < -0.4 is 9.46 Å². The molecule has 0 aliphatic heterocycles. The van der Waals surface area contributed by atoms with E-state index in [-0.39, 0.29) is 33.1 Å². The third kappa shape index (κ3) is 6.17. The zero-order chi connectivity index (χ0) is 20.9. The lowest BCUT2D eigenvalue weighted by Crippen LogP contribution is -2.27. The summed E-state index contributed by atoms with van der Waals surface area (Å²) < 4.78 is 37.2. The van der Waals surface area contributed by atoms with Gasteiger partial charge in [-0.1, -0.05) is 46.9 Å². The van der Waals surface area contributed by atoms with E-state index in [0.29, 0.717) is 5.75 Å². The van der Waals surface area contributed by atoms with Gasteiger partial charge >= 0.3 is 5.97 Å². The molecule has 152 valence electrons. The largest absolute Gasteiger partial charge is 0.482 e. The highest BCUT2D eigenvalue weighted by Gasteiger charge is 2.21. The van der Waals surface area contributed by atoms with Gasteiger partial charge in [-0.2, -0.15) is 12.6 Å². The van der Waals surface area contributed by atoms with Gasteiger partial charge in [0.1, 0.15) is 10.6 Å². The van der Waals surface area contributed by atoms with Crippen LogP contribution in [0.1, 0.15) is 10.8 Å². The molecule has 1 atom stereocenters. The van der Waals surface area contributed by atoms with Crippen molar-refractivity contribution in [3.05, 3.63) is 57.0 Å². The Bertz CT molecular complexity index is 952. The predicted octanol–water partition coefficient (Wildman–Crippen LogP) is 4.15. The molecule has 0 saturated heterocycles. The fraction of sp³-hybridized carbons (Fsp3) is 0.235.